The Morgan fingerprint density at radius 3 is 2.00 bits per heavy atom. The van der Waals surface area contributed by atoms with Gasteiger partial charge in [0.15, 0.2) is 0 Å². The van der Waals surface area contributed by atoms with Crippen LogP contribution in [-0.4, -0.2) is 58.0 Å². The molecule has 0 saturated heterocycles. The van der Waals surface area contributed by atoms with Crippen LogP contribution in [0.5, 0.6) is 0 Å². The predicted molar refractivity (Wildman–Crippen MR) is 85.9 cm³/mol. The van der Waals surface area contributed by atoms with Crippen molar-refractivity contribution in [1.82, 2.24) is 21.3 Å². The van der Waals surface area contributed by atoms with E-state index in [0.29, 0.717) is 6.04 Å². The summed E-state index contributed by atoms with van der Waals surface area (Å²) in [6.07, 6.45) is 2.09. The topological polar surface area (TPSA) is 157 Å². The Morgan fingerprint density at radius 2 is 1.50 bits per heavy atom. The lowest BCUT2D eigenvalue weighted by Gasteiger charge is -2.21. The summed E-state index contributed by atoms with van der Waals surface area (Å²) in [5, 5.41) is 10.0. The van der Waals surface area contributed by atoms with Crippen molar-refractivity contribution in [2.24, 2.45) is 0 Å². The molecule has 1 unspecified atom stereocenters. The van der Waals surface area contributed by atoms with Gasteiger partial charge in [0.2, 0.25) is 17.7 Å². The van der Waals surface area contributed by atoms with Gasteiger partial charge < -0.3 is 31.1 Å². The molecule has 1 aliphatic rings. The molecule has 0 aromatic rings. The summed E-state index contributed by atoms with van der Waals surface area (Å²) in [6, 6.07) is -1.47. The lowest BCUT2D eigenvalue weighted by molar-refractivity contribution is -0.131. The van der Waals surface area contributed by atoms with Crippen LogP contribution in [0.15, 0.2) is 0 Å². The van der Waals surface area contributed by atoms with Crippen molar-refractivity contribution in [3.8, 4) is 0 Å². The quantitative estimate of drug-likeness (QED) is 0.269. The molecule has 0 aliphatic heterocycles. The fourth-order valence-electron chi connectivity index (χ4n) is 1.70. The van der Waals surface area contributed by atoms with E-state index in [9.17, 15) is 18.9 Å². The second-order valence-electron chi connectivity index (χ2n) is 5.95. The van der Waals surface area contributed by atoms with Crippen LogP contribution in [0.1, 0.15) is 33.6 Å². The lowest BCUT2D eigenvalue weighted by Crippen LogP contribution is -2.53. The first-order chi connectivity index (χ1) is 11.0. The number of rotatable bonds is 9. The molecule has 1 fully saturated rings. The molecular weight excluding hydrogens is 339 g/mol. The largest absolute Gasteiger partial charge is 0.347 e. The predicted octanol–water partition coefficient (Wildman–Crippen LogP) is -1.61. The van der Waals surface area contributed by atoms with Crippen LogP contribution >= 0.6 is 7.60 Å². The van der Waals surface area contributed by atoms with Crippen LogP contribution in [0.25, 0.3) is 0 Å². The lowest BCUT2D eigenvalue weighted by atomic mass is 10.2. The third kappa shape index (κ3) is 7.39. The van der Waals surface area contributed by atoms with Crippen molar-refractivity contribution in [2.75, 3.05) is 6.54 Å². The zero-order valence-corrected chi connectivity index (χ0v) is 14.8. The van der Waals surface area contributed by atoms with Crippen molar-refractivity contribution in [3.05, 3.63) is 0 Å². The number of carbonyl (C=O) groups excluding carboxylic acids is 3. The van der Waals surface area contributed by atoms with Crippen LogP contribution in [0.4, 0.5) is 0 Å². The highest BCUT2D eigenvalue weighted by atomic mass is 31.2. The third-order valence-electron chi connectivity index (χ3n) is 3.51. The second kappa shape index (κ2) is 8.57. The van der Waals surface area contributed by atoms with Crippen molar-refractivity contribution < 1.29 is 28.7 Å². The maximum absolute atomic E-state index is 11.9. The minimum Gasteiger partial charge on any atom is -0.343 e. The van der Waals surface area contributed by atoms with E-state index < -0.39 is 37.3 Å². The number of carbonyl (C=O) groups is 3. The molecule has 1 aliphatic carbocycles. The van der Waals surface area contributed by atoms with E-state index in [0.717, 1.165) is 12.8 Å². The summed E-state index contributed by atoms with van der Waals surface area (Å²) in [4.78, 5) is 53.3. The van der Waals surface area contributed by atoms with Gasteiger partial charge in [0.05, 0.1) is 6.54 Å². The highest BCUT2D eigenvalue weighted by Crippen LogP contribution is 2.39. The molecule has 24 heavy (non-hydrogen) atoms. The van der Waals surface area contributed by atoms with E-state index in [4.69, 9.17) is 9.79 Å². The first-order valence-electron chi connectivity index (χ1n) is 7.69. The van der Waals surface area contributed by atoms with Crippen LogP contribution in [0, 0.1) is 0 Å². The summed E-state index contributed by atoms with van der Waals surface area (Å²) in [5.41, 5.74) is 0. The van der Waals surface area contributed by atoms with E-state index in [2.05, 4.69) is 21.3 Å². The van der Waals surface area contributed by atoms with Crippen molar-refractivity contribution in [1.29, 1.82) is 0 Å². The standard InChI is InChI=1S/C13H25N4O6P/c1-7(15-11(18)6-14-10-4-5-10)12(19)16-8(2)13(20)17-9(3)24(21,22)23/h7-10,14H,4-6H2,1-3H3,(H,15,18)(H,16,19)(H,17,20)(H2,21,22,23)/t7-,8-,9?/m0/s1. The number of nitrogens with one attached hydrogen (secondary N) is 4. The molecule has 11 heteroatoms. The summed E-state index contributed by atoms with van der Waals surface area (Å²) >= 11 is 0. The Hall–Kier alpha value is -1.48. The van der Waals surface area contributed by atoms with Gasteiger partial charge in [-0.1, -0.05) is 0 Å². The van der Waals surface area contributed by atoms with Crippen LogP contribution in [-0.2, 0) is 18.9 Å². The molecule has 1 rings (SSSR count). The molecule has 0 heterocycles. The summed E-state index contributed by atoms with van der Waals surface area (Å²) in [5.74, 6) is -2.97. The summed E-state index contributed by atoms with van der Waals surface area (Å²) < 4.78 is 11.0. The zero-order chi connectivity index (χ0) is 18.5. The highest BCUT2D eigenvalue weighted by Gasteiger charge is 2.28. The maximum atomic E-state index is 11.9. The van der Waals surface area contributed by atoms with Gasteiger partial charge in [0.1, 0.15) is 17.9 Å². The molecule has 0 spiro atoms. The van der Waals surface area contributed by atoms with Gasteiger partial charge in [-0.25, -0.2) is 0 Å². The Bertz CT molecular complexity index is 533. The van der Waals surface area contributed by atoms with Gasteiger partial charge in [-0.15, -0.1) is 0 Å². The van der Waals surface area contributed by atoms with Crippen molar-refractivity contribution >= 4 is 25.3 Å². The van der Waals surface area contributed by atoms with Gasteiger partial charge in [-0.3, -0.25) is 18.9 Å². The molecule has 10 nitrogen and oxygen atoms in total. The smallest absolute Gasteiger partial charge is 0.343 e. The molecule has 3 atom stereocenters. The number of hydrogen-bond acceptors (Lipinski definition) is 5. The first kappa shape index (κ1) is 20.6. The molecule has 6 N–H and O–H groups in total. The van der Waals surface area contributed by atoms with E-state index in [-0.39, 0.29) is 12.5 Å². The van der Waals surface area contributed by atoms with Gasteiger partial charge in [0, 0.05) is 6.04 Å². The van der Waals surface area contributed by atoms with Gasteiger partial charge in [0.25, 0.3) is 0 Å². The molecule has 0 bridgehead atoms. The Morgan fingerprint density at radius 1 is 1.00 bits per heavy atom. The monoisotopic (exact) mass is 364 g/mol. The molecule has 0 aromatic carbocycles. The van der Waals surface area contributed by atoms with E-state index in [1.165, 1.54) is 20.8 Å². The summed E-state index contributed by atoms with van der Waals surface area (Å²) in [6.45, 7) is 4.15. The Labute approximate surface area is 140 Å². The molecule has 0 aromatic heterocycles. The maximum Gasteiger partial charge on any atom is 0.347 e. The molecule has 0 radical (unpaired) electrons. The number of amides is 3. The average molecular weight is 364 g/mol. The van der Waals surface area contributed by atoms with Crippen LogP contribution < -0.4 is 21.3 Å². The Kier molecular flexibility index (Phi) is 7.34. The van der Waals surface area contributed by atoms with Gasteiger partial charge in [-0.2, -0.15) is 0 Å². The average Bonchev–Trinajstić information content (AvgIpc) is 3.27. The molecule has 3 amide bonds. The normalized spacial score (nSPS) is 18.2. The van der Waals surface area contributed by atoms with Gasteiger partial charge in [-0.05, 0) is 33.6 Å². The first-order valence-corrected chi connectivity index (χ1v) is 9.37. The number of hydrogen-bond donors (Lipinski definition) is 6. The van der Waals surface area contributed by atoms with E-state index >= 15 is 0 Å². The van der Waals surface area contributed by atoms with E-state index in [1.807, 2.05) is 0 Å². The Balaban J connectivity index is 2.36. The summed E-state index contributed by atoms with van der Waals surface area (Å²) in [7, 11) is -4.44. The third-order valence-corrected chi connectivity index (χ3v) is 4.65. The second-order valence-corrected chi connectivity index (χ2v) is 7.90. The zero-order valence-electron chi connectivity index (χ0n) is 13.9. The molecule has 1 saturated carbocycles. The van der Waals surface area contributed by atoms with Crippen molar-refractivity contribution in [3.63, 3.8) is 0 Å². The molecule has 138 valence electrons. The highest BCUT2D eigenvalue weighted by molar-refractivity contribution is 7.52. The fraction of sp³-hybridized carbons (Fsp3) is 0.769. The minimum atomic E-state index is -4.44. The van der Waals surface area contributed by atoms with Crippen LogP contribution in [0.2, 0.25) is 0 Å². The minimum absolute atomic E-state index is 0.123. The van der Waals surface area contributed by atoms with E-state index in [1.54, 1.807) is 0 Å². The molecular formula is C13H25N4O6P. The van der Waals surface area contributed by atoms with Crippen LogP contribution in [0.3, 0.4) is 0 Å². The fourth-order valence-corrected chi connectivity index (χ4v) is 2.00. The van der Waals surface area contributed by atoms with Gasteiger partial charge >= 0.3 is 7.60 Å². The SMILES string of the molecule is CC(NC(=O)[C@H](C)NC(=O)[C@H](C)NC(=O)CNC1CC1)P(=O)(O)O. The van der Waals surface area contributed by atoms with Crippen molar-refractivity contribution in [2.45, 2.75) is 57.5 Å².